The van der Waals surface area contributed by atoms with E-state index >= 15 is 0 Å². The van der Waals surface area contributed by atoms with Crippen molar-refractivity contribution in [1.82, 2.24) is 14.8 Å². The molecule has 1 amide bonds. The van der Waals surface area contributed by atoms with Crippen molar-refractivity contribution in [3.63, 3.8) is 0 Å². The lowest BCUT2D eigenvalue weighted by Crippen LogP contribution is -2.33. The molecule has 5 heteroatoms. The minimum atomic E-state index is 0.0620. The van der Waals surface area contributed by atoms with Gasteiger partial charge in [-0.15, -0.1) is 0 Å². The molecule has 0 bridgehead atoms. The van der Waals surface area contributed by atoms with Crippen LogP contribution >= 0.6 is 0 Å². The maximum atomic E-state index is 12.4. The first-order valence-electron chi connectivity index (χ1n) is 6.75. The minimum absolute atomic E-state index is 0.0620. The lowest BCUT2D eigenvalue weighted by atomic mass is 10.1. The highest BCUT2D eigenvalue weighted by Crippen LogP contribution is 2.16. The van der Waals surface area contributed by atoms with E-state index < -0.39 is 0 Å². The van der Waals surface area contributed by atoms with Gasteiger partial charge in [-0.2, -0.15) is 0 Å². The first-order valence-corrected chi connectivity index (χ1v) is 6.75. The molecule has 1 aliphatic rings. The largest absolute Gasteiger partial charge is 0.384 e. The van der Waals surface area contributed by atoms with E-state index in [4.69, 9.17) is 5.73 Å². The molecule has 1 aromatic heterocycles. The van der Waals surface area contributed by atoms with Crippen LogP contribution in [0.3, 0.4) is 0 Å². The van der Waals surface area contributed by atoms with Crippen molar-refractivity contribution in [2.75, 3.05) is 32.9 Å². The number of amides is 1. The smallest absolute Gasteiger partial charge is 0.255 e. The lowest BCUT2D eigenvalue weighted by molar-refractivity contribution is 0.0758. The van der Waals surface area contributed by atoms with Crippen molar-refractivity contribution in [3.8, 4) is 0 Å². The van der Waals surface area contributed by atoms with Crippen molar-refractivity contribution < 1.29 is 4.79 Å². The summed E-state index contributed by atoms with van der Waals surface area (Å²) in [6, 6.07) is 3.99. The fourth-order valence-electron chi connectivity index (χ4n) is 2.51. The molecule has 0 saturated carbocycles. The van der Waals surface area contributed by atoms with Crippen molar-refractivity contribution in [2.24, 2.45) is 0 Å². The Labute approximate surface area is 114 Å². The lowest BCUT2D eigenvalue weighted by Gasteiger charge is -2.23. The molecule has 1 aromatic rings. The van der Waals surface area contributed by atoms with Crippen LogP contribution < -0.4 is 5.73 Å². The van der Waals surface area contributed by atoms with Gasteiger partial charge in [0.15, 0.2) is 0 Å². The number of rotatable bonds is 2. The van der Waals surface area contributed by atoms with Crippen LogP contribution in [0.1, 0.15) is 29.6 Å². The zero-order valence-electron chi connectivity index (χ0n) is 11.7. The first kappa shape index (κ1) is 13.8. The SMILES string of the molecule is CN(C)[C@@H]1CCCN(C(=O)c2ccc(N)nc2)CC1. The third kappa shape index (κ3) is 3.44. The minimum Gasteiger partial charge on any atom is -0.384 e. The summed E-state index contributed by atoms with van der Waals surface area (Å²) < 4.78 is 0. The number of anilines is 1. The molecule has 19 heavy (non-hydrogen) atoms. The van der Waals surface area contributed by atoms with E-state index in [2.05, 4.69) is 24.0 Å². The number of carbonyl (C=O) groups excluding carboxylic acids is 1. The molecule has 2 N–H and O–H groups in total. The number of nitrogens with two attached hydrogens (primary N) is 1. The molecule has 0 aliphatic carbocycles. The molecule has 2 heterocycles. The van der Waals surface area contributed by atoms with E-state index in [1.54, 1.807) is 18.3 Å². The maximum absolute atomic E-state index is 12.4. The number of aromatic nitrogens is 1. The van der Waals surface area contributed by atoms with Gasteiger partial charge in [0.25, 0.3) is 5.91 Å². The van der Waals surface area contributed by atoms with Gasteiger partial charge in [-0.3, -0.25) is 4.79 Å². The van der Waals surface area contributed by atoms with E-state index in [-0.39, 0.29) is 5.91 Å². The first-order chi connectivity index (χ1) is 9.08. The highest BCUT2D eigenvalue weighted by Gasteiger charge is 2.22. The number of nitrogen functional groups attached to an aromatic ring is 1. The van der Waals surface area contributed by atoms with Crippen molar-refractivity contribution in [3.05, 3.63) is 23.9 Å². The summed E-state index contributed by atoms with van der Waals surface area (Å²) in [7, 11) is 4.21. The summed E-state index contributed by atoms with van der Waals surface area (Å²) in [5.74, 6) is 0.506. The van der Waals surface area contributed by atoms with Crippen LogP contribution in [0.25, 0.3) is 0 Å². The summed E-state index contributed by atoms with van der Waals surface area (Å²) in [4.78, 5) is 20.5. The standard InChI is InChI=1S/C14H22N4O/c1-17(2)12-4-3-8-18(9-7-12)14(19)11-5-6-13(15)16-10-11/h5-6,10,12H,3-4,7-9H2,1-2H3,(H2,15,16)/t12-/m1/s1. The van der Waals surface area contributed by atoms with Gasteiger partial charge in [0, 0.05) is 25.3 Å². The molecule has 104 valence electrons. The Morgan fingerprint density at radius 2 is 2.16 bits per heavy atom. The quantitative estimate of drug-likeness (QED) is 0.870. The molecule has 0 spiro atoms. The summed E-state index contributed by atoms with van der Waals surface area (Å²) >= 11 is 0. The molecule has 0 aromatic carbocycles. The van der Waals surface area contributed by atoms with Crippen LogP contribution in [0.5, 0.6) is 0 Å². The maximum Gasteiger partial charge on any atom is 0.255 e. The number of likely N-dealkylation sites (tertiary alicyclic amines) is 1. The summed E-state index contributed by atoms with van der Waals surface area (Å²) in [6.07, 6.45) is 4.79. The number of pyridine rings is 1. The van der Waals surface area contributed by atoms with Crippen molar-refractivity contribution >= 4 is 11.7 Å². The van der Waals surface area contributed by atoms with Gasteiger partial charge < -0.3 is 15.5 Å². The molecule has 1 saturated heterocycles. The van der Waals surface area contributed by atoms with Crippen LogP contribution in [0, 0.1) is 0 Å². The molecule has 1 fully saturated rings. The molecular weight excluding hydrogens is 240 g/mol. The summed E-state index contributed by atoms with van der Waals surface area (Å²) in [5, 5.41) is 0. The van der Waals surface area contributed by atoms with Crippen LogP contribution in [0.4, 0.5) is 5.82 Å². The molecule has 1 aliphatic heterocycles. The number of nitrogens with zero attached hydrogens (tertiary/aromatic N) is 3. The zero-order chi connectivity index (χ0) is 13.8. The third-order valence-corrected chi connectivity index (χ3v) is 3.75. The number of hydrogen-bond donors (Lipinski definition) is 1. The van der Waals surface area contributed by atoms with E-state index in [1.807, 2.05) is 4.90 Å². The summed E-state index contributed by atoms with van der Waals surface area (Å²) in [5.41, 5.74) is 6.16. The molecule has 1 atom stereocenters. The Kier molecular flexibility index (Phi) is 4.37. The Bertz CT molecular complexity index is 430. The third-order valence-electron chi connectivity index (χ3n) is 3.75. The van der Waals surface area contributed by atoms with Gasteiger partial charge in [0.2, 0.25) is 0 Å². The molecular formula is C14H22N4O. The normalized spacial score (nSPS) is 20.4. The second-order valence-electron chi connectivity index (χ2n) is 5.31. The topological polar surface area (TPSA) is 62.5 Å². The fraction of sp³-hybridized carbons (Fsp3) is 0.571. The Hall–Kier alpha value is -1.62. The molecule has 5 nitrogen and oxygen atoms in total. The highest BCUT2D eigenvalue weighted by molar-refractivity contribution is 5.94. The monoisotopic (exact) mass is 262 g/mol. The second-order valence-corrected chi connectivity index (χ2v) is 5.31. The van der Waals surface area contributed by atoms with Gasteiger partial charge in [0.1, 0.15) is 5.82 Å². The van der Waals surface area contributed by atoms with Crippen molar-refractivity contribution in [2.45, 2.75) is 25.3 Å². The van der Waals surface area contributed by atoms with Crippen LogP contribution in [-0.2, 0) is 0 Å². The van der Waals surface area contributed by atoms with Crippen LogP contribution in [0.2, 0.25) is 0 Å². The molecule has 0 unspecified atom stereocenters. The van der Waals surface area contributed by atoms with E-state index in [9.17, 15) is 4.79 Å². The molecule has 2 rings (SSSR count). The average Bonchev–Trinajstić information content (AvgIpc) is 2.64. The van der Waals surface area contributed by atoms with E-state index in [1.165, 1.54) is 0 Å². The van der Waals surface area contributed by atoms with Crippen molar-refractivity contribution in [1.29, 1.82) is 0 Å². The highest BCUT2D eigenvalue weighted by atomic mass is 16.2. The summed E-state index contributed by atoms with van der Waals surface area (Å²) in [6.45, 7) is 1.64. The predicted octanol–water partition coefficient (Wildman–Crippen LogP) is 1.22. The van der Waals surface area contributed by atoms with Gasteiger partial charge in [-0.25, -0.2) is 4.98 Å². The van der Waals surface area contributed by atoms with Gasteiger partial charge in [-0.1, -0.05) is 0 Å². The van der Waals surface area contributed by atoms with E-state index in [0.717, 1.165) is 32.4 Å². The average molecular weight is 262 g/mol. The van der Waals surface area contributed by atoms with Gasteiger partial charge in [-0.05, 0) is 45.5 Å². The van der Waals surface area contributed by atoms with Crippen LogP contribution in [0.15, 0.2) is 18.3 Å². The number of carbonyl (C=O) groups is 1. The Balaban J connectivity index is 2.02. The second kappa shape index (κ2) is 6.02. The fourth-order valence-corrected chi connectivity index (χ4v) is 2.51. The van der Waals surface area contributed by atoms with Gasteiger partial charge >= 0.3 is 0 Å². The van der Waals surface area contributed by atoms with Crippen LogP contribution in [-0.4, -0.2) is 53.9 Å². The number of hydrogen-bond acceptors (Lipinski definition) is 4. The van der Waals surface area contributed by atoms with E-state index in [0.29, 0.717) is 17.4 Å². The van der Waals surface area contributed by atoms with Gasteiger partial charge in [0.05, 0.1) is 5.56 Å². The Morgan fingerprint density at radius 1 is 1.37 bits per heavy atom. The predicted molar refractivity (Wildman–Crippen MR) is 75.9 cm³/mol. The molecule has 0 radical (unpaired) electrons. The zero-order valence-corrected chi connectivity index (χ0v) is 11.7. The Morgan fingerprint density at radius 3 is 2.79 bits per heavy atom.